The topological polar surface area (TPSA) is 79.8 Å². The maximum absolute atomic E-state index is 11.4. The van der Waals surface area contributed by atoms with E-state index >= 15 is 0 Å². The van der Waals surface area contributed by atoms with Crippen molar-refractivity contribution in [3.63, 3.8) is 0 Å². The van der Waals surface area contributed by atoms with E-state index in [9.17, 15) is 4.79 Å². The van der Waals surface area contributed by atoms with Gasteiger partial charge in [0.1, 0.15) is 5.82 Å². The van der Waals surface area contributed by atoms with Gasteiger partial charge in [-0.15, -0.1) is 21.5 Å². The summed E-state index contributed by atoms with van der Waals surface area (Å²) in [6, 6.07) is 3.49. The van der Waals surface area contributed by atoms with Gasteiger partial charge in [-0.05, 0) is 32.9 Å². The van der Waals surface area contributed by atoms with Crippen LogP contribution in [0.2, 0.25) is 0 Å². The molecule has 1 atom stereocenters. The van der Waals surface area contributed by atoms with Gasteiger partial charge in [0.25, 0.3) is 5.91 Å². The number of thiazole rings is 1. The summed E-state index contributed by atoms with van der Waals surface area (Å²) in [4.78, 5) is 17.0. The highest BCUT2D eigenvalue weighted by Gasteiger charge is 2.14. The lowest BCUT2D eigenvalue weighted by atomic mass is 10.2. The Morgan fingerprint density at radius 3 is 2.55 bits per heavy atom. The van der Waals surface area contributed by atoms with Crippen LogP contribution in [0.15, 0.2) is 12.1 Å². The van der Waals surface area contributed by atoms with Crippen LogP contribution in [0.5, 0.6) is 0 Å². The Balaban J connectivity index is 2.10. The number of carbonyl (C=O) groups excluding carboxylic acids is 1. The fourth-order valence-corrected chi connectivity index (χ4v) is 2.82. The molecular formula is C13H17N5OS. The molecule has 0 aliphatic carbocycles. The van der Waals surface area contributed by atoms with Crippen molar-refractivity contribution in [1.82, 2.24) is 20.5 Å². The predicted molar refractivity (Wildman–Crippen MR) is 79.0 cm³/mol. The second-order valence-electron chi connectivity index (χ2n) is 4.43. The Kier molecular flexibility index (Phi) is 4.29. The number of nitrogens with zero attached hydrogens (tertiary/aromatic N) is 3. The number of amides is 1. The molecule has 2 rings (SSSR count). The van der Waals surface area contributed by atoms with Crippen LogP contribution in [0.25, 0.3) is 0 Å². The van der Waals surface area contributed by atoms with Crippen molar-refractivity contribution in [2.45, 2.75) is 26.8 Å². The van der Waals surface area contributed by atoms with E-state index in [0.717, 1.165) is 10.7 Å². The Hall–Kier alpha value is -2.02. The van der Waals surface area contributed by atoms with E-state index in [0.29, 0.717) is 11.5 Å². The van der Waals surface area contributed by atoms with Crippen LogP contribution in [-0.4, -0.2) is 28.1 Å². The first-order valence-electron chi connectivity index (χ1n) is 6.27. The van der Waals surface area contributed by atoms with Crippen LogP contribution in [0.4, 0.5) is 5.82 Å². The van der Waals surface area contributed by atoms with Gasteiger partial charge in [-0.2, -0.15) is 0 Å². The van der Waals surface area contributed by atoms with E-state index in [-0.39, 0.29) is 11.9 Å². The molecule has 0 fully saturated rings. The number of anilines is 1. The molecule has 1 unspecified atom stereocenters. The van der Waals surface area contributed by atoms with E-state index in [1.807, 2.05) is 20.8 Å². The van der Waals surface area contributed by atoms with Gasteiger partial charge >= 0.3 is 0 Å². The number of carbonyl (C=O) groups is 1. The molecule has 0 aliphatic heterocycles. The van der Waals surface area contributed by atoms with Gasteiger partial charge in [0.15, 0.2) is 5.69 Å². The molecule has 0 radical (unpaired) electrons. The van der Waals surface area contributed by atoms with Crippen molar-refractivity contribution < 1.29 is 4.79 Å². The molecule has 0 saturated carbocycles. The number of nitrogens with one attached hydrogen (secondary N) is 2. The first-order valence-corrected chi connectivity index (χ1v) is 7.09. The molecule has 0 saturated heterocycles. The SMILES string of the molecule is CNC(=O)c1ccc(NC(C)c2sc(C)nc2C)nn1. The lowest BCUT2D eigenvalue weighted by Gasteiger charge is -2.13. The molecule has 0 bridgehead atoms. The molecular weight excluding hydrogens is 274 g/mol. The van der Waals surface area contributed by atoms with E-state index in [4.69, 9.17) is 0 Å². The fraction of sp³-hybridized carbons (Fsp3) is 0.385. The van der Waals surface area contributed by atoms with E-state index in [1.54, 1.807) is 30.5 Å². The molecule has 2 N–H and O–H groups in total. The zero-order valence-electron chi connectivity index (χ0n) is 11.9. The zero-order chi connectivity index (χ0) is 14.7. The van der Waals surface area contributed by atoms with Gasteiger partial charge in [-0.1, -0.05) is 0 Å². The number of hydrogen-bond donors (Lipinski definition) is 2. The van der Waals surface area contributed by atoms with Gasteiger partial charge < -0.3 is 10.6 Å². The average molecular weight is 291 g/mol. The summed E-state index contributed by atoms with van der Waals surface area (Å²) in [5, 5.41) is 14.7. The van der Waals surface area contributed by atoms with Crippen molar-refractivity contribution in [1.29, 1.82) is 0 Å². The second kappa shape index (κ2) is 5.96. The molecule has 106 valence electrons. The summed E-state index contributed by atoms with van der Waals surface area (Å²) in [5.74, 6) is 0.390. The zero-order valence-corrected chi connectivity index (χ0v) is 12.7. The summed E-state index contributed by atoms with van der Waals surface area (Å²) in [5.41, 5.74) is 1.33. The summed E-state index contributed by atoms with van der Waals surface area (Å²) >= 11 is 1.67. The van der Waals surface area contributed by atoms with Gasteiger partial charge in [0.2, 0.25) is 0 Å². The van der Waals surface area contributed by atoms with Crippen LogP contribution in [0.1, 0.15) is 39.0 Å². The molecule has 0 aromatic carbocycles. The second-order valence-corrected chi connectivity index (χ2v) is 5.67. The largest absolute Gasteiger partial charge is 0.361 e. The number of aryl methyl sites for hydroxylation is 2. The third-order valence-electron chi connectivity index (χ3n) is 2.82. The van der Waals surface area contributed by atoms with Crippen LogP contribution in [-0.2, 0) is 0 Å². The maximum Gasteiger partial charge on any atom is 0.271 e. The van der Waals surface area contributed by atoms with Crippen molar-refractivity contribution >= 4 is 23.1 Å². The van der Waals surface area contributed by atoms with E-state index in [2.05, 4.69) is 25.8 Å². The average Bonchev–Trinajstić information content (AvgIpc) is 2.78. The van der Waals surface area contributed by atoms with Crippen LogP contribution in [0, 0.1) is 13.8 Å². The Labute approximate surface area is 121 Å². The third kappa shape index (κ3) is 3.11. The van der Waals surface area contributed by atoms with Gasteiger partial charge in [-0.3, -0.25) is 4.79 Å². The van der Waals surface area contributed by atoms with E-state index < -0.39 is 0 Å². The normalized spacial score (nSPS) is 12.0. The van der Waals surface area contributed by atoms with Crippen LogP contribution < -0.4 is 10.6 Å². The standard InChI is InChI=1S/C13H17N5OS/c1-7-12(20-9(3)15-7)8(2)16-11-6-5-10(17-18-11)13(19)14-4/h5-6,8H,1-4H3,(H,14,19)(H,16,18). The number of hydrogen-bond acceptors (Lipinski definition) is 6. The van der Waals surface area contributed by atoms with Crippen LogP contribution in [0.3, 0.4) is 0 Å². The highest BCUT2D eigenvalue weighted by Crippen LogP contribution is 2.26. The lowest BCUT2D eigenvalue weighted by molar-refractivity contribution is 0.0957. The van der Waals surface area contributed by atoms with Crippen molar-refractivity contribution in [3.8, 4) is 0 Å². The summed E-state index contributed by atoms with van der Waals surface area (Å²) in [6.07, 6.45) is 0. The molecule has 0 spiro atoms. The molecule has 20 heavy (non-hydrogen) atoms. The quantitative estimate of drug-likeness (QED) is 0.901. The van der Waals surface area contributed by atoms with E-state index in [1.165, 1.54) is 4.88 Å². The molecule has 2 aromatic heterocycles. The first-order chi connectivity index (χ1) is 9.51. The first kappa shape index (κ1) is 14.4. The minimum atomic E-state index is -0.244. The Morgan fingerprint density at radius 1 is 1.30 bits per heavy atom. The van der Waals surface area contributed by atoms with Crippen molar-refractivity contribution in [2.75, 3.05) is 12.4 Å². The molecule has 2 aromatic rings. The van der Waals surface area contributed by atoms with Crippen molar-refractivity contribution in [2.24, 2.45) is 0 Å². The predicted octanol–water partition coefficient (Wildman–Crippen LogP) is 2.08. The number of rotatable bonds is 4. The smallest absolute Gasteiger partial charge is 0.271 e. The lowest BCUT2D eigenvalue weighted by Crippen LogP contribution is -2.20. The third-order valence-corrected chi connectivity index (χ3v) is 4.08. The Bertz CT molecular complexity index is 608. The number of aromatic nitrogens is 3. The molecule has 6 nitrogen and oxygen atoms in total. The maximum atomic E-state index is 11.4. The Morgan fingerprint density at radius 2 is 2.05 bits per heavy atom. The van der Waals surface area contributed by atoms with Crippen molar-refractivity contribution in [3.05, 3.63) is 33.4 Å². The summed E-state index contributed by atoms with van der Waals surface area (Å²) < 4.78 is 0. The minimum Gasteiger partial charge on any atom is -0.361 e. The molecule has 2 heterocycles. The highest BCUT2D eigenvalue weighted by molar-refractivity contribution is 7.11. The molecule has 1 amide bonds. The minimum absolute atomic E-state index is 0.0985. The van der Waals surface area contributed by atoms with Gasteiger partial charge in [0, 0.05) is 11.9 Å². The molecule has 0 aliphatic rings. The highest BCUT2D eigenvalue weighted by atomic mass is 32.1. The van der Waals surface area contributed by atoms with Gasteiger partial charge in [0.05, 0.1) is 16.7 Å². The van der Waals surface area contributed by atoms with Crippen LogP contribution >= 0.6 is 11.3 Å². The fourth-order valence-electron chi connectivity index (χ4n) is 1.89. The summed E-state index contributed by atoms with van der Waals surface area (Å²) in [7, 11) is 1.56. The monoisotopic (exact) mass is 291 g/mol. The summed E-state index contributed by atoms with van der Waals surface area (Å²) in [6.45, 7) is 6.04. The molecule has 7 heteroatoms. The van der Waals surface area contributed by atoms with Gasteiger partial charge in [-0.25, -0.2) is 4.98 Å².